The van der Waals surface area contributed by atoms with Crippen LogP contribution in [0.15, 0.2) is 34.9 Å². The molecule has 0 aliphatic rings. The van der Waals surface area contributed by atoms with Gasteiger partial charge in [-0.2, -0.15) is 29.9 Å². The predicted octanol–water partition coefficient (Wildman–Crippen LogP) is 5.65. The number of nitrogens with one attached hydrogen (secondary N) is 1. The Labute approximate surface area is 167 Å². The minimum absolute atomic E-state index is 0.454. The maximum absolute atomic E-state index is 13.1. The molecule has 0 aliphatic heterocycles. The highest BCUT2D eigenvalue weighted by molar-refractivity contribution is 9.10. The lowest BCUT2D eigenvalue weighted by atomic mass is 10.00. The summed E-state index contributed by atoms with van der Waals surface area (Å²) >= 11 is 5.24. The van der Waals surface area contributed by atoms with Crippen LogP contribution in [-0.4, -0.2) is 33.2 Å². The second-order valence-corrected chi connectivity index (χ2v) is 7.87. The van der Waals surface area contributed by atoms with Crippen LogP contribution in [0, 0.1) is 6.92 Å². The zero-order valence-electron chi connectivity index (χ0n) is 14.8. The lowest BCUT2D eigenvalue weighted by Gasteiger charge is -2.12. The van der Waals surface area contributed by atoms with Crippen molar-refractivity contribution in [3.63, 3.8) is 0 Å². The molecule has 3 aromatic rings. The van der Waals surface area contributed by atoms with Crippen LogP contribution >= 0.6 is 27.7 Å². The Morgan fingerprint density at radius 3 is 2.78 bits per heavy atom. The molecule has 144 valence electrons. The van der Waals surface area contributed by atoms with Crippen molar-refractivity contribution in [2.45, 2.75) is 19.5 Å². The Hall–Kier alpha value is -1.74. The molecule has 2 aromatic heterocycles. The van der Waals surface area contributed by atoms with Gasteiger partial charge in [-0.05, 0) is 64.5 Å². The first-order chi connectivity index (χ1) is 12.8. The maximum atomic E-state index is 13.1. The highest BCUT2D eigenvalue weighted by Crippen LogP contribution is 2.36. The van der Waals surface area contributed by atoms with Crippen molar-refractivity contribution in [1.29, 1.82) is 0 Å². The average Bonchev–Trinajstić information content (AvgIpc) is 3.01. The fourth-order valence-corrected chi connectivity index (χ4v) is 3.59. The normalized spacial score (nSPS) is 11.9. The van der Waals surface area contributed by atoms with Gasteiger partial charge in [-0.1, -0.05) is 12.1 Å². The van der Waals surface area contributed by atoms with Crippen LogP contribution < -0.4 is 5.32 Å². The predicted molar refractivity (Wildman–Crippen MR) is 107 cm³/mol. The highest BCUT2D eigenvalue weighted by atomic mass is 79.9. The molecular weight excluding hydrogens is 441 g/mol. The van der Waals surface area contributed by atoms with E-state index in [-0.39, 0.29) is 0 Å². The number of hydrogen-bond acceptors (Lipinski definition) is 4. The molecule has 2 heterocycles. The van der Waals surface area contributed by atoms with Crippen molar-refractivity contribution in [1.82, 2.24) is 14.6 Å². The van der Waals surface area contributed by atoms with Gasteiger partial charge in [0.1, 0.15) is 0 Å². The van der Waals surface area contributed by atoms with E-state index in [0.717, 1.165) is 40.9 Å². The first-order valence-corrected chi connectivity index (χ1v) is 10.5. The van der Waals surface area contributed by atoms with Crippen LogP contribution in [0.2, 0.25) is 0 Å². The van der Waals surface area contributed by atoms with Gasteiger partial charge in [0, 0.05) is 22.8 Å². The summed E-state index contributed by atoms with van der Waals surface area (Å²) in [5, 5.41) is 7.58. The summed E-state index contributed by atoms with van der Waals surface area (Å²) < 4.78 is 41.7. The van der Waals surface area contributed by atoms with Gasteiger partial charge >= 0.3 is 6.18 Å². The molecule has 0 saturated heterocycles. The standard InChI is InChI=1S/C18H18BrF3N4S/c1-11-14(19)10-26-16(24-17(25-26)23-7-4-8-27-2)15(11)12-5-3-6-13(9-12)18(20,21)22/h3,5-6,9-10H,4,7-8H2,1-2H3,(H,23,25). The zero-order valence-corrected chi connectivity index (χ0v) is 17.2. The molecule has 1 N–H and O–H groups in total. The van der Waals surface area contributed by atoms with Gasteiger partial charge in [0.2, 0.25) is 5.95 Å². The summed E-state index contributed by atoms with van der Waals surface area (Å²) in [7, 11) is 0. The van der Waals surface area contributed by atoms with E-state index in [1.54, 1.807) is 28.5 Å². The van der Waals surface area contributed by atoms with Crippen LogP contribution in [0.4, 0.5) is 19.1 Å². The smallest absolute Gasteiger partial charge is 0.353 e. The lowest BCUT2D eigenvalue weighted by molar-refractivity contribution is -0.137. The van der Waals surface area contributed by atoms with Crippen molar-refractivity contribution in [2.75, 3.05) is 23.9 Å². The number of nitrogens with zero attached hydrogens (tertiary/aromatic N) is 3. The van der Waals surface area contributed by atoms with Crippen molar-refractivity contribution >= 4 is 39.3 Å². The summed E-state index contributed by atoms with van der Waals surface area (Å²) in [6.45, 7) is 2.58. The molecule has 3 rings (SSSR count). The third-order valence-electron chi connectivity index (χ3n) is 4.11. The van der Waals surface area contributed by atoms with E-state index >= 15 is 0 Å². The van der Waals surface area contributed by atoms with E-state index in [4.69, 9.17) is 0 Å². The Morgan fingerprint density at radius 2 is 2.07 bits per heavy atom. The number of alkyl halides is 3. The van der Waals surface area contributed by atoms with Crippen molar-refractivity contribution in [3.05, 3.63) is 46.1 Å². The minimum atomic E-state index is -4.40. The van der Waals surface area contributed by atoms with E-state index < -0.39 is 11.7 Å². The number of pyridine rings is 1. The quantitative estimate of drug-likeness (QED) is 0.484. The van der Waals surface area contributed by atoms with Gasteiger partial charge in [0.25, 0.3) is 0 Å². The van der Waals surface area contributed by atoms with E-state index in [1.165, 1.54) is 6.07 Å². The van der Waals surface area contributed by atoms with Crippen LogP contribution in [0.5, 0.6) is 0 Å². The van der Waals surface area contributed by atoms with Crippen molar-refractivity contribution < 1.29 is 13.2 Å². The summed E-state index contributed by atoms with van der Waals surface area (Å²) in [5.74, 6) is 1.49. The van der Waals surface area contributed by atoms with Crippen LogP contribution in [0.1, 0.15) is 17.5 Å². The number of anilines is 1. The molecule has 0 bridgehead atoms. The zero-order chi connectivity index (χ0) is 19.6. The Bertz CT molecular complexity index is 956. The van der Waals surface area contributed by atoms with E-state index in [2.05, 4.69) is 31.3 Å². The Balaban J connectivity index is 2.06. The molecule has 9 heteroatoms. The number of benzene rings is 1. The molecule has 0 atom stereocenters. The second kappa shape index (κ2) is 8.10. The molecule has 0 amide bonds. The van der Waals surface area contributed by atoms with Gasteiger partial charge in [-0.3, -0.25) is 0 Å². The molecule has 0 aliphatic carbocycles. The number of rotatable bonds is 6. The molecule has 1 aromatic carbocycles. The molecule has 0 fully saturated rings. The molecule has 0 saturated carbocycles. The molecular formula is C18H18BrF3N4S. The third kappa shape index (κ3) is 4.40. The van der Waals surface area contributed by atoms with Gasteiger partial charge in [0.05, 0.1) is 5.56 Å². The SMILES string of the molecule is CSCCCNc1nc2c(-c3cccc(C(F)(F)F)c3)c(C)c(Br)cn2n1. The van der Waals surface area contributed by atoms with Crippen molar-refractivity contribution in [3.8, 4) is 11.1 Å². The lowest BCUT2D eigenvalue weighted by Crippen LogP contribution is -2.05. The maximum Gasteiger partial charge on any atom is 0.416 e. The number of hydrogen-bond donors (Lipinski definition) is 1. The van der Waals surface area contributed by atoms with Gasteiger partial charge in [-0.25, -0.2) is 4.52 Å². The monoisotopic (exact) mass is 458 g/mol. The van der Waals surface area contributed by atoms with Gasteiger partial charge in [-0.15, -0.1) is 5.10 Å². The largest absolute Gasteiger partial charge is 0.416 e. The molecule has 0 spiro atoms. The summed E-state index contributed by atoms with van der Waals surface area (Å²) in [5.41, 5.74) is 1.72. The molecule has 27 heavy (non-hydrogen) atoms. The summed E-state index contributed by atoms with van der Waals surface area (Å²) in [6.07, 6.45) is 0.385. The molecule has 0 radical (unpaired) electrons. The number of halogens is 4. The first-order valence-electron chi connectivity index (χ1n) is 8.27. The van der Waals surface area contributed by atoms with Gasteiger partial charge < -0.3 is 5.32 Å². The number of aromatic nitrogens is 3. The summed E-state index contributed by atoms with van der Waals surface area (Å²) in [4.78, 5) is 4.51. The number of fused-ring (bicyclic) bond motifs is 1. The van der Waals surface area contributed by atoms with Crippen molar-refractivity contribution in [2.24, 2.45) is 0 Å². The second-order valence-electron chi connectivity index (χ2n) is 6.03. The topological polar surface area (TPSA) is 42.2 Å². The van der Waals surface area contributed by atoms with E-state index in [9.17, 15) is 13.2 Å². The third-order valence-corrected chi connectivity index (χ3v) is 5.61. The van der Waals surface area contributed by atoms with Gasteiger partial charge in [0.15, 0.2) is 5.65 Å². The van der Waals surface area contributed by atoms with Crippen LogP contribution in [0.3, 0.4) is 0 Å². The first kappa shape index (κ1) is 20.0. The van der Waals surface area contributed by atoms with Crippen LogP contribution in [0.25, 0.3) is 16.8 Å². The van der Waals surface area contributed by atoms with Crippen LogP contribution in [-0.2, 0) is 6.18 Å². The Morgan fingerprint density at radius 1 is 1.30 bits per heavy atom. The highest BCUT2D eigenvalue weighted by Gasteiger charge is 2.31. The fourth-order valence-electron chi connectivity index (χ4n) is 2.76. The number of thioether (sulfide) groups is 1. The Kier molecular flexibility index (Phi) is 6.00. The van der Waals surface area contributed by atoms with E-state index in [1.807, 2.05) is 13.2 Å². The minimum Gasteiger partial charge on any atom is -0.353 e. The fraction of sp³-hybridized carbons (Fsp3) is 0.333. The molecule has 0 unspecified atom stereocenters. The average molecular weight is 459 g/mol. The summed E-state index contributed by atoms with van der Waals surface area (Å²) in [6, 6.07) is 5.28. The van der Waals surface area contributed by atoms with E-state index in [0.29, 0.717) is 22.7 Å². The molecule has 4 nitrogen and oxygen atoms in total.